The first-order valence-corrected chi connectivity index (χ1v) is 7.65. The Morgan fingerprint density at radius 1 is 1.30 bits per heavy atom. The van der Waals surface area contributed by atoms with Gasteiger partial charge in [0.1, 0.15) is 5.75 Å². The second kappa shape index (κ2) is 4.34. The first-order chi connectivity index (χ1) is 9.36. The highest BCUT2D eigenvalue weighted by molar-refractivity contribution is 5.80. The summed E-state index contributed by atoms with van der Waals surface area (Å²) in [6.45, 7) is 9.11. The number of benzene rings is 1. The van der Waals surface area contributed by atoms with Crippen LogP contribution in [0.25, 0.3) is 0 Å². The van der Waals surface area contributed by atoms with Gasteiger partial charge in [-0.15, -0.1) is 0 Å². The van der Waals surface area contributed by atoms with Crippen LogP contribution in [0.2, 0.25) is 0 Å². The van der Waals surface area contributed by atoms with Crippen molar-refractivity contribution in [3.63, 3.8) is 0 Å². The number of aromatic hydroxyl groups is 1. The Hall–Kier alpha value is -1.31. The van der Waals surface area contributed by atoms with Crippen LogP contribution in [0.3, 0.4) is 0 Å². The van der Waals surface area contributed by atoms with Gasteiger partial charge in [0.25, 0.3) is 0 Å². The Bertz CT molecular complexity index is 555. The number of hydrogen-bond acceptors (Lipinski definition) is 2. The van der Waals surface area contributed by atoms with E-state index in [1.807, 2.05) is 6.92 Å². The van der Waals surface area contributed by atoms with E-state index in [0.717, 1.165) is 29.8 Å². The zero-order valence-electron chi connectivity index (χ0n) is 12.8. The molecular weight excluding hydrogens is 248 g/mol. The van der Waals surface area contributed by atoms with Crippen molar-refractivity contribution < 1.29 is 9.90 Å². The number of phenols is 1. The molecule has 0 unspecified atom stereocenters. The van der Waals surface area contributed by atoms with Crippen LogP contribution in [0, 0.1) is 30.1 Å². The van der Waals surface area contributed by atoms with Gasteiger partial charge in [-0.05, 0) is 66.0 Å². The van der Waals surface area contributed by atoms with Crippen LogP contribution in [-0.4, -0.2) is 11.4 Å². The number of carbonyl (C=O) groups excluding carboxylic acids is 1. The van der Waals surface area contributed by atoms with E-state index in [-0.39, 0.29) is 5.75 Å². The highest BCUT2D eigenvalue weighted by atomic mass is 16.3. The summed E-state index contributed by atoms with van der Waals surface area (Å²) in [5.41, 5.74) is 2.92. The van der Waals surface area contributed by atoms with E-state index in [9.17, 15) is 9.90 Å². The minimum Gasteiger partial charge on any atom is -0.507 e. The first-order valence-electron chi connectivity index (χ1n) is 7.65. The molecule has 1 aromatic rings. The van der Waals surface area contributed by atoms with Crippen molar-refractivity contribution in [2.45, 2.75) is 46.5 Å². The van der Waals surface area contributed by atoms with Crippen molar-refractivity contribution >= 4 is 6.29 Å². The fourth-order valence-corrected chi connectivity index (χ4v) is 4.72. The zero-order chi connectivity index (χ0) is 14.7. The van der Waals surface area contributed by atoms with Gasteiger partial charge >= 0.3 is 0 Å². The Morgan fingerprint density at radius 3 is 2.55 bits per heavy atom. The van der Waals surface area contributed by atoms with Crippen LogP contribution in [0.5, 0.6) is 5.75 Å². The predicted molar refractivity (Wildman–Crippen MR) is 80.1 cm³/mol. The third kappa shape index (κ3) is 1.73. The van der Waals surface area contributed by atoms with Crippen molar-refractivity contribution in [1.29, 1.82) is 0 Å². The van der Waals surface area contributed by atoms with Gasteiger partial charge in [-0.25, -0.2) is 0 Å². The second-order valence-electron chi connectivity index (χ2n) is 7.46. The molecule has 2 nitrogen and oxygen atoms in total. The average Bonchev–Trinajstić information content (AvgIpc) is 2.92. The molecule has 0 spiro atoms. The van der Waals surface area contributed by atoms with Crippen LogP contribution in [-0.2, 0) is 0 Å². The SMILES string of the molecule is Cc1cc(C=O)c(O)c([C@H]2C[C@H]3C[C@@H]2[C@H](C)C3(C)C)c1. The molecular formula is C18H24O2. The molecule has 1 N–H and O–H groups in total. The maximum atomic E-state index is 11.1. The average molecular weight is 272 g/mol. The van der Waals surface area contributed by atoms with Crippen molar-refractivity contribution in [2.75, 3.05) is 0 Å². The summed E-state index contributed by atoms with van der Waals surface area (Å²) >= 11 is 0. The second-order valence-corrected chi connectivity index (χ2v) is 7.46. The van der Waals surface area contributed by atoms with Gasteiger partial charge in [0, 0.05) is 0 Å². The molecule has 2 saturated carbocycles. The van der Waals surface area contributed by atoms with E-state index in [2.05, 4.69) is 26.8 Å². The van der Waals surface area contributed by atoms with Crippen molar-refractivity contribution in [2.24, 2.45) is 23.2 Å². The maximum Gasteiger partial charge on any atom is 0.153 e. The van der Waals surface area contributed by atoms with Crippen molar-refractivity contribution in [3.05, 3.63) is 28.8 Å². The lowest BCUT2D eigenvalue weighted by Gasteiger charge is -2.40. The number of hydrogen-bond donors (Lipinski definition) is 1. The van der Waals surface area contributed by atoms with Gasteiger partial charge in [0.15, 0.2) is 6.29 Å². The summed E-state index contributed by atoms with van der Waals surface area (Å²) < 4.78 is 0. The molecule has 1 aromatic carbocycles. The van der Waals surface area contributed by atoms with Crippen LogP contribution >= 0.6 is 0 Å². The molecule has 2 fully saturated rings. The fraction of sp³-hybridized carbons (Fsp3) is 0.611. The number of fused-ring (bicyclic) bond motifs is 2. The smallest absolute Gasteiger partial charge is 0.153 e. The molecule has 2 heteroatoms. The Morgan fingerprint density at radius 2 is 2.00 bits per heavy atom. The summed E-state index contributed by atoms with van der Waals surface area (Å²) in [7, 11) is 0. The van der Waals surface area contributed by atoms with E-state index >= 15 is 0 Å². The maximum absolute atomic E-state index is 11.1. The molecule has 0 radical (unpaired) electrons. The Kier molecular flexibility index (Phi) is 2.97. The zero-order valence-corrected chi connectivity index (χ0v) is 12.8. The van der Waals surface area contributed by atoms with Crippen LogP contribution in [0.1, 0.15) is 61.0 Å². The summed E-state index contributed by atoms with van der Waals surface area (Å²) in [6.07, 6.45) is 3.19. The third-order valence-electron chi connectivity index (χ3n) is 6.32. The molecule has 2 bridgehead atoms. The molecule has 2 aliphatic carbocycles. The molecule has 108 valence electrons. The number of carbonyl (C=O) groups is 1. The predicted octanol–water partition coefficient (Wildman–Crippen LogP) is 4.30. The molecule has 0 saturated heterocycles. The molecule has 3 rings (SSSR count). The minimum atomic E-state index is 0.216. The van der Waals surface area contributed by atoms with Crippen molar-refractivity contribution in [3.8, 4) is 5.75 Å². The highest BCUT2D eigenvalue weighted by Crippen LogP contribution is 2.64. The van der Waals surface area contributed by atoms with Crippen LogP contribution < -0.4 is 0 Å². The summed E-state index contributed by atoms with van der Waals surface area (Å²) in [6, 6.07) is 3.85. The molecule has 0 aliphatic heterocycles. The fourth-order valence-electron chi connectivity index (χ4n) is 4.72. The normalized spacial score (nSPS) is 34.4. The molecule has 20 heavy (non-hydrogen) atoms. The number of aryl methyl sites for hydroxylation is 1. The van der Waals surface area contributed by atoms with E-state index in [4.69, 9.17) is 0 Å². The van der Waals surface area contributed by atoms with Gasteiger partial charge in [-0.3, -0.25) is 4.79 Å². The van der Waals surface area contributed by atoms with E-state index < -0.39 is 0 Å². The standard InChI is InChI=1S/C18H24O2/c1-10-5-12(9-19)17(20)16(6-10)15-8-13-7-14(15)11(2)18(13,3)4/h5-6,9,11,13-15,20H,7-8H2,1-4H3/t11-,13+,14+,15-/m0/s1. The van der Waals surface area contributed by atoms with E-state index in [1.165, 1.54) is 6.42 Å². The highest BCUT2D eigenvalue weighted by Gasteiger charge is 2.55. The molecule has 0 aromatic heterocycles. The monoisotopic (exact) mass is 272 g/mol. The molecule has 4 atom stereocenters. The lowest BCUT2D eigenvalue weighted by molar-refractivity contribution is 0.111. The van der Waals surface area contributed by atoms with Gasteiger partial charge in [0.2, 0.25) is 0 Å². The largest absolute Gasteiger partial charge is 0.507 e. The number of rotatable bonds is 2. The van der Waals surface area contributed by atoms with Gasteiger partial charge in [-0.2, -0.15) is 0 Å². The van der Waals surface area contributed by atoms with Crippen LogP contribution in [0.15, 0.2) is 12.1 Å². The Labute approximate surface area is 121 Å². The quantitative estimate of drug-likeness (QED) is 0.815. The van der Waals surface area contributed by atoms with Crippen LogP contribution in [0.4, 0.5) is 0 Å². The molecule has 0 amide bonds. The van der Waals surface area contributed by atoms with E-state index in [1.54, 1.807) is 6.07 Å². The van der Waals surface area contributed by atoms with Gasteiger partial charge in [-0.1, -0.05) is 26.8 Å². The minimum absolute atomic E-state index is 0.216. The lowest BCUT2D eigenvalue weighted by atomic mass is 9.65. The molecule has 2 aliphatic rings. The molecule has 0 heterocycles. The number of phenolic OH excluding ortho intramolecular Hbond substituents is 1. The lowest BCUT2D eigenvalue weighted by Crippen LogP contribution is -2.32. The Balaban J connectivity index is 2.01. The van der Waals surface area contributed by atoms with Crippen molar-refractivity contribution in [1.82, 2.24) is 0 Å². The van der Waals surface area contributed by atoms with Gasteiger partial charge < -0.3 is 5.11 Å². The topological polar surface area (TPSA) is 37.3 Å². The van der Waals surface area contributed by atoms with Gasteiger partial charge in [0.05, 0.1) is 5.56 Å². The number of aldehydes is 1. The summed E-state index contributed by atoms with van der Waals surface area (Å²) in [4.78, 5) is 11.1. The summed E-state index contributed by atoms with van der Waals surface area (Å²) in [5.74, 6) is 2.69. The summed E-state index contributed by atoms with van der Waals surface area (Å²) in [5, 5.41) is 10.4. The van der Waals surface area contributed by atoms with E-state index in [0.29, 0.717) is 28.7 Å². The first kappa shape index (κ1) is 13.7. The third-order valence-corrected chi connectivity index (χ3v) is 6.32.